The topological polar surface area (TPSA) is 26.3 Å². The highest BCUT2D eigenvalue weighted by molar-refractivity contribution is 5.87. The molecule has 23 heavy (non-hydrogen) atoms. The molecular weight excluding hydrogens is 284 g/mol. The first-order valence-corrected chi connectivity index (χ1v) is 8.34. The summed E-state index contributed by atoms with van der Waals surface area (Å²) in [4.78, 5) is 11.0. The lowest BCUT2D eigenvalue weighted by Gasteiger charge is -2.16. The molecule has 0 fully saturated rings. The van der Waals surface area contributed by atoms with Gasteiger partial charge in [0.15, 0.2) is 5.78 Å². The molecule has 2 nitrogen and oxygen atoms in total. The second-order valence-electron chi connectivity index (χ2n) is 5.75. The van der Waals surface area contributed by atoms with Crippen LogP contribution >= 0.6 is 0 Å². The minimum absolute atomic E-state index is 0.00259. The average molecular weight is 312 g/mol. The quantitative estimate of drug-likeness (QED) is 0.351. The Balaban J connectivity index is 3.21. The van der Waals surface area contributed by atoms with Crippen molar-refractivity contribution in [1.29, 1.82) is 0 Å². The van der Waals surface area contributed by atoms with Crippen molar-refractivity contribution in [3.8, 4) is 5.75 Å². The van der Waals surface area contributed by atoms with Gasteiger partial charge in [0, 0.05) is 11.6 Å². The summed E-state index contributed by atoms with van der Waals surface area (Å²) in [5.74, 6) is 0.898. The number of allylic oxidation sites excluding steroid dienone is 2. The summed E-state index contributed by atoms with van der Waals surface area (Å²) in [5.41, 5.74) is 7.51. The second kappa shape index (κ2) is 9.86. The number of unbranched alkanes of at least 4 members (excludes halogenated alkanes) is 2. The van der Waals surface area contributed by atoms with Crippen molar-refractivity contribution in [2.24, 2.45) is 0 Å². The first-order chi connectivity index (χ1) is 11.0. The Bertz CT molecular complexity index is 630. The van der Waals surface area contributed by atoms with Crippen molar-refractivity contribution in [3.05, 3.63) is 46.2 Å². The Kier molecular flexibility index (Phi) is 8.15. The summed E-state index contributed by atoms with van der Waals surface area (Å²) in [6.45, 7) is 10.6. The van der Waals surface area contributed by atoms with Gasteiger partial charge in [-0.05, 0) is 62.9 Å². The molecule has 0 aliphatic rings. The van der Waals surface area contributed by atoms with E-state index >= 15 is 0 Å². The monoisotopic (exact) mass is 312 g/mol. The van der Waals surface area contributed by atoms with Gasteiger partial charge in [-0.3, -0.25) is 4.79 Å². The molecule has 124 valence electrons. The summed E-state index contributed by atoms with van der Waals surface area (Å²) >= 11 is 0. The molecule has 0 atom stereocenters. The Morgan fingerprint density at radius 3 is 2.61 bits per heavy atom. The maximum Gasteiger partial charge on any atom is 0.160 e. The smallest absolute Gasteiger partial charge is 0.160 e. The SMILES string of the molecule is C/C=C\c1c(OCCCCC)cc(C=C=CC(C)=O)c(C)c1C. The fraction of sp³-hybridized carbons (Fsp3) is 0.429. The van der Waals surface area contributed by atoms with E-state index in [1.807, 2.05) is 25.1 Å². The first-order valence-electron chi connectivity index (χ1n) is 8.34. The van der Waals surface area contributed by atoms with Crippen molar-refractivity contribution in [2.45, 2.75) is 53.9 Å². The predicted molar refractivity (Wildman–Crippen MR) is 98.9 cm³/mol. The summed E-state index contributed by atoms with van der Waals surface area (Å²) in [6.07, 6.45) is 10.9. The van der Waals surface area contributed by atoms with E-state index in [-0.39, 0.29) is 5.78 Å². The Morgan fingerprint density at radius 2 is 2.00 bits per heavy atom. The molecule has 0 aliphatic carbocycles. The number of ketones is 1. The van der Waals surface area contributed by atoms with Crippen LogP contribution in [0.5, 0.6) is 5.75 Å². The van der Waals surface area contributed by atoms with E-state index in [4.69, 9.17) is 4.74 Å². The molecule has 1 rings (SSSR count). The van der Waals surface area contributed by atoms with Gasteiger partial charge in [0.05, 0.1) is 6.61 Å². The third-order valence-corrected chi connectivity index (χ3v) is 3.82. The highest BCUT2D eigenvalue weighted by Crippen LogP contribution is 2.30. The number of hydrogen-bond acceptors (Lipinski definition) is 2. The molecule has 1 aromatic rings. The van der Waals surface area contributed by atoms with Gasteiger partial charge in [-0.1, -0.05) is 31.9 Å². The molecular formula is C21H28O2. The molecule has 0 heterocycles. The summed E-state index contributed by atoms with van der Waals surface area (Å²) in [7, 11) is 0. The molecule has 0 amide bonds. The van der Waals surface area contributed by atoms with E-state index in [2.05, 4.69) is 32.6 Å². The van der Waals surface area contributed by atoms with Gasteiger partial charge < -0.3 is 4.74 Å². The van der Waals surface area contributed by atoms with E-state index < -0.39 is 0 Å². The average Bonchev–Trinajstić information content (AvgIpc) is 2.51. The van der Waals surface area contributed by atoms with Gasteiger partial charge in [-0.15, -0.1) is 5.73 Å². The molecule has 2 heteroatoms. The van der Waals surface area contributed by atoms with E-state index in [0.29, 0.717) is 0 Å². The number of ether oxygens (including phenoxy) is 1. The van der Waals surface area contributed by atoms with E-state index in [9.17, 15) is 4.79 Å². The minimum Gasteiger partial charge on any atom is -0.493 e. The van der Waals surface area contributed by atoms with Crippen LogP contribution in [-0.4, -0.2) is 12.4 Å². The maximum absolute atomic E-state index is 11.0. The van der Waals surface area contributed by atoms with Crippen molar-refractivity contribution >= 4 is 17.9 Å². The van der Waals surface area contributed by atoms with Crippen LogP contribution in [-0.2, 0) is 4.79 Å². The second-order valence-corrected chi connectivity index (χ2v) is 5.75. The zero-order valence-corrected chi connectivity index (χ0v) is 15.0. The van der Waals surface area contributed by atoms with Crippen LogP contribution in [0.2, 0.25) is 0 Å². The van der Waals surface area contributed by atoms with Gasteiger partial charge >= 0.3 is 0 Å². The highest BCUT2D eigenvalue weighted by atomic mass is 16.5. The van der Waals surface area contributed by atoms with Crippen molar-refractivity contribution in [3.63, 3.8) is 0 Å². The molecule has 0 aromatic heterocycles. The Hall–Kier alpha value is -2.05. The van der Waals surface area contributed by atoms with Crippen LogP contribution in [0, 0.1) is 13.8 Å². The van der Waals surface area contributed by atoms with Crippen LogP contribution < -0.4 is 4.74 Å². The molecule has 0 spiro atoms. The standard InChI is InChI=1S/C21H28O2/c1-6-8-9-14-23-21-15-19(13-10-12-16(3)22)17(4)18(5)20(21)11-7-2/h7,11-13,15H,6,8-9,14H2,1-5H3/b11-7-. The predicted octanol–water partition coefficient (Wildman–Crippen LogP) is 5.66. The van der Waals surface area contributed by atoms with Gasteiger partial charge in [-0.25, -0.2) is 0 Å². The third kappa shape index (κ3) is 5.92. The van der Waals surface area contributed by atoms with Crippen LogP contribution in [0.15, 0.2) is 23.9 Å². The fourth-order valence-corrected chi connectivity index (χ4v) is 2.36. The molecule has 0 aliphatic heterocycles. The van der Waals surface area contributed by atoms with Crippen molar-refractivity contribution in [1.82, 2.24) is 0 Å². The zero-order valence-electron chi connectivity index (χ0n) is 15.0. The normalized spacial score (nSPS) is 10.5. The molecule has 0 bridgehead atoms. The van der Waals surface area contributed by atoms with E-state index in [1.165, 1.54) is 37.0 Å². The summed E-state index contributed by atoms with van der Waals surface area (Å²) in [6, 6.07) is 2.05. The highest BCUT2D eigenvalue weighted by Gasteiger charge is 2.10. The summed E-state index contributed by atoms with van der Waals surface area (Å²) < 4.78 is 6.02. The molecule has 0 saturated heterocycles. The third-order valence-electron chi connectivity index (χ3n) is 3.82. The number of benzene rings is 1. The first kappa shape index (κ1) is 19.0. The molecule has 1 aromatic carbocycles. The molecule has 0 N–H and O–H groups in total. The molecule has 0 radical (unpaired) electrons. The van der Waals surface area contributed by atoms with Gasteiger partial charge in [0.1, 0.15) is 5.75 Å². The van der Waals surface area contributed by atoms with E-state index in [0.717, 1.165) is 29.9 Å². The maximum atomic E-state index is 11.0. The lowest BCUT2D eigenvalue weighted by atomic mass is 9.96. The largest absolute Gasteiger partial charge is 0.493 e. The lowest BCUT2D eigenvalue weighted by molar-refractivity contribution is -0.112. The zero-order chi connectivity index (χ0) is 17.2. The van der Waals surface area contributed by atoms with Crippen LogP contribution in [0.4, 0.5) is 0 Å². The van der Waals surface area contributed by atoms with Crippen LogP contribution in [0.25, 0.3) is 12.2 Å². The molecule has 0 saturated carbocycles. The van der Waals surface area contributed by atoms with Crippen LogP contribution in [0.3, 0.4) is 0 Å². The number of hydrogen-bond donors (Lipinski definition) is 0. The minimum atomic E-state index is -0.00259. The van der Waals surface area contributed by atoms with Crippen molar-refractivity contribution < 1.29 is 9.53 Å². The van der Waals surface area contributed by atoms with Gasteiger partial charge in [0.25, 0.3) is 0 Å². The van der Waals surface area contributed by atoms with Crippen molar-refractivity contribution in [2.75, 3.05) is 6.61 Å². The Morgan fingerprint density at radius 1 is 1.26 bits per heavy atom. The molecule has 0 unspecified atom stereocenters. The summed E-state index contributed by atoms with van der Waals surface area (Å²) in [5, 5.41) is 0. The van der Waals surface area contributed by atoms with E-state index in [1.54, 1.807) is 0 Å². The number of rotatable bonds is 8. The van der Waals surface area contributed by atoms with Crippen LogP contribution in [0.1, 0.15) is 62.3 Å². The Labute approximate surface area is 140 Å². The number of carbonyl (C=O) groups is 1. The lowest BCUT2D eigenvalue weighted by Crippen LogP contribution is -2.02. The van der Waals surface area contributed by atoms with Gasteiger partial charge in [0.2, 0.25) is 0 Å². The fourth-order valence-electron chi connectivity index (χ4n) is 2.36. The number of carbonyl (C=O) groups excluding carboxylic acids is 1. The van der Waals surface area contributed by atoms with Gasteiger partial charge in [-0.2, -0.15) is 0 Å².